The molecule has 0 saturated carbocycles. The summed E-state index contributed by atoms with van der Waals surface area (Å²) >= 11 is 0. The summed E-state index contributed by atoms with van der Waals surface area (Å²) in [6.45, 7) is 5.22. The van der Waals surface area contributed by atoms with Gasteiger partial charge in [0.2, 0.25) is 5.91 Å². The van der Waals surface area contributed by atoms with Crippen LogP contribution in [0, 0.1) is 6.92 Å². The van der Waals surface area contributed by atoms with Crippen molar-refractivity contribution in [3.8, 4) is 11.4 Å². The van der Waals surface area contributed by atoms with Gasteiger partial charge in [-0.05, 0) is 75.8 Å². The van der Waals surface area contributed by atoms with E-state index in [1.165, 1.54) is 22.9 Å². The van der Waals surface area contributed by atoms with E-state index in [9.17, 15) is 4.79 Å². The molecule has 4 nitrogen and oxygen atoms in total. The fourth-order valence-electron chi connectivity index (χ4n) is 4.38. The summed E-state index contributed by atoms with van der Waals surface area (Å²) in [4.78, 5) is 22.9. The molecule has 3 aromatic rings. The van der Waals surface area contributed by atoms with E-state index < -0.39 is 0 Å². The molecular formula is C24H29N3O. The lowest BCUT2D eigenvalue weighted by Crippen LogP contribution is -2.41. The average Bonchev–Trinajstić information content (AvgIpc) is 3.07. The third-order valence-electron chi connectivity index (χ3n) is 5.92. The number of fused-ring (bicyclic) bond motifs is 1. The second-order valence-corrected chi connectivity index (χ2v) is 8.03. The number of carbonyl (C=O) groups is 1. The lowest BCUT2D eigenvalue weighted by molar-refractivity contribution is -0.134. The highest BCUT2D eigenvalue weighted by Crippen LogP contribution is 2.31. The molecule has 0 spiro atoms. The summed E-state index contributed by atoms with van der Waals surface area (Å²) in [6.07, 6.45) is 7.71. The first-order valence-corrected chi connectivity index (χ1v) is 10.5. The molecule has 2 aromatic heterocycles. The number of carbonyl (C=O) groups excluding carboxylic acids is 1. The van der Waals surface area contributed by atoms with Crippen molar-refractivity contribution in [1.29, 1.82) is 0 Å². The molecule has 0 bridgehead atoms. The first-order valence-electron chi connectivity index (χ1n) is 10.5. The normalized spacial score (nSPS) is 17.2. The van der Waals surface area contributed by atoms with E-state index in [1.54, 1.807) is 0 Å². The van der Waals surface area contributed by atoms with Crippen LogP contribution >= 0.6 is 0 Å². The van der Waals surface area contributed by atoms with Crippen molar-refractivity contribution in [1.82, 2.24) is 14.9 Å². The van der Waals surface area contributed by atoms with Gasteiger partial charge in [-0.2, -0.15) is 0 Å². The molecule has 1 atom stereocenters. The molecule has 0 aliphatic carbocycles. The summed E-state index contributed by atoms with van der Waals surface area (Å²) < 4.78 is 0. The molecule has 146 valence electrons. The zero-order valence-electron chi connectivity index (χ0n) is 16.9. The van der Waals surface area contributed by atoms with Crippen molar-refractivity contribution < 1.29 is 4.79 Å². The van der Waals surface area contributed by atoms with Gasteiger partial charge in [0.15, 0.2) is 0 Å². The van der Waals surface area contributed by atoms with E-state index >= 15 is 0 Å². The fraction of sp³-hybridized carbons (Fsp3) is 0.417. The van der Waals surface area contributed by atoms with Crippen LogP contribution in [0.3, 0.4) is 0 Å². The van der Waals surface area contributed by atoms with E-state index in [0.717, 1.165) is 49.1 Å². The number of nitrogens with one attached hydrogen (secondary N) is 1. The van der Waals surface area contributed by atoms with Gasteiger partial charge in [0, 0.05) is 36.1 Å². The van der Waals surface area contributed by atoms with Crippen LogP contribution in [0.1, 0.15) is 50.2 Å². The van der Waals surface area contributed by atoms with Crippen molar-refractivity contribution in [2.75, 3.05) is 6.54 Å². The largest absolute Gasteiger partial charge is 0.353 e. The highest BCUT2D eigenvalue weighted by Gasteiger charge is 2.23. The third kappa shape index (κ3) is 3.82. The molecule has 1 unspecified atom stereocenters. The van der Waals surface area contributed by atoms with Crippen LogP contribution in [0.5, 0.6) is 0 Å². The van der Waals surface area contributed by atoms with Crippen LogP contribution in [0.15, 0.2) is 42.6 Å². The Kier molecular flexibility index (Phi) is 5.47. The topological polar surface area (TPSA) is 49.0 Å². The Morgan fingerprint density at radius 1 is 1.25 bits per heavy atom. The number of hydrogen-bond donors (Lipinski definition) is 1. The predicted molar refractivity (Wildman–Crippen MR) is 114 cm³/mol. The summed E-state index contributed by atoms with van der Waals surface area (Å²) in [5.41, 5.74) is 5.70. The van der Waals surface area contributed by atoms with Crippen LogP contribution in [0.25, 0.3) is 22.3 Å². The van der Waals surface area contributed by atoms with Gasteiger partial charge >= 0.3 is 0 Å². The molecule has 1 fully saturated rings. The van der Waals surface area contributed by atoms with Crippen LogP contribution in [-0.2, 0) is 11.2 Å². The van der Waals surface area contributed by atoms with Gasteiger partial charge in [-0.25, -0.2) is 0 Å². The molecular weight excluding hydrogens is 346 g/mol. The van der Waals surface area contributed by atoms with Crippen molar-refractivity contribution >= 4 is 16.8 Å². The number of H-pyrrole nitrogens is 1. The number of amides is 1. The minimum absolute atomic E-state index is 0.308. The maximum Gasteiger partial charge on any atom is 0.222 e. The summed E-state index contributed by atoms with van der Waals surface area (Å²) in [7, 11) is 0. The Morgan fingerprint density at radius 2 is 2.14 bits per heavy atom. The summed E-state index contributed by atoms with van der Waals surface area (Å²) in [5, 5.41) is 1.25. The second-order valence-electron chi connectivity index (χ2n) is 8.03. The number of pyridine rings is 1. The number of nitrogens with zero attached hydrogens (tertiary/aromatic N) is 2. The van der Waals surface area contributed by atoms with E-state index in [2.05, 4.69) is 46.9 Å². The summed E-state index contributed by atoms with van der Waals surface area (Å²) in [5.74, 6) is 0.308. The number of aromatic amines is 1. The van der Waals surface area contributed by atoms with Crippen molar-refractivity contribution in [2.24, 2.45) is 0 Å². The number of hydrogen-bond acceptors (Lipinski definition) is 2. The van der Waals surface area contributed by atoms with Gasteiger partial charge < -0.3 is 9.88 Å². The SMILES string of the molecule is Cc1ccc2[nH]c(-c3ccccn3)c(CCCC(=O)N3CCCCC3C)c2c1. The predicted octanol–water partition coefficient (Wildman–Crippen LogP) is 5.26. The molecule has 0 radical (unpaired) electrons. The number of piperidine rings is 1. The Morgan fingerprint density at radius 3 is 2.93 bits per heavy atom. The van der Waals surface area contributed by atoms with Gasteiger partial charge in [0.1, 0.15) is 0 Å². The lowest BCUT2D eigenvalue weighted by Gasteiger charge is -2.33. The molecule has 1 aliphatic heterocycles. The van der Waals surface area contributed by atoms with Crippen molar-refractivity contribution in [3.05, 3.63) is 53.7 Å². The first-order chi connectivity index (χ1) is 13.6. The van der Waals surface area contributed by atoms with Gasteiger partial charge in [0.05, 0.1) is 11.4 Å². The van der Waals surface area contributed by atoms with Gasteiger partial charge in [0.25, 0.3) is 0 Å². The zero-order valence-corrected chi connectivity index (χ0v) is 16.9. The van der Waals surface area contributed by atoms with Crippen molar-refractivity contribution in [2.45, 2.75) is 58.4 Å². The van der Waals surface area contributed by atoms with E-state index in [1.807, 2.05) is 24.4 Å². The molecule has 4 heteroatoms. The van der Waals surface area contributed by atoms with E-state index in [-0.39, 0.29) is 0 Å². The number of benzene rings is 1. The van der Waals surface area contributed by atoms with Gasteiger partial charge in [-0.1, -0.05) is 17.7 Å². The molecule has 3 heterocycles. The average molecular weight is 376 g/mol. The molecule has 1 saturated heterocycles. The van der Waals surface area contributed by atoms with Crippen LogP contribution < -0.4 is 0 Å². The summed E-state index contributed by atoms with van der Waals surface area (Å²) in [6, 6.07) is 12.9. The second kappa shape index (κ2) is 8.17. The van der Waals surface area contributed by atoms with Crippen molar-refractivity contribution in [3.63, 3.8) is 0 Å². The quantitative estimate of drug-likeness (QED) is 0.661. The molecule has 1 aromatic carbocycles. The zero-order chi connectivity index (χ0) is 19.5. The van der Waals surface area contributed by atoms with Crippen LogP contribution in [-0.4, -0.2) is 33.4 Å². The molecule has 1 N–H and O–H groups in total. The van der Waals surface area contributed by atoms with E-state index in [0.29, 0.717) is 18.4 Å². The standard InChI is InChI=1S/C24H29N3O/c1-17-12-13-21-20(16-17)19(24(26-21)22-10-3-5-14-25-22)9-7-11-23(28)27-15-6-4-8-18(27)2/h3,5,10,12-14,16,18,26H,4,6-9,11,15H2,1-2H3. The minimum atomic E-state index is 0.308. The lowest BCUT2D eigenvalue weighted by atomic mass is 10.00. The maximum absolute atomic E-state index is 12.7. The first kappa shape index (κ1) is 18.7. The molecule has 1 amide bonds. The van der Waals surface area contributed by atoms with Gasteiger partial charge in [-0.15, -0.1) is 0 Å². The molecule has 4 rings (SSSR count). The Bertz CT molecular complexity index is 961. The van der Waals surface area contributed by atoms with Crippen LogP contribution in [0.4, 0.5) is 0 Å². The Hall–Kier alpha value is -2.62. The third-order valence-corrected chi connectivity index (χ3v) is 5.92. The monoisotopic (exact) mass is 375 g/mol. The smallest absolute Gasteiger partial charge is 0.222 e. The van der Waals surface area contributed by atoms with Crippen LogP contribution in [0.2, 0.25) is 0 Å². The number of likely N-dealkylation sites (tertiary alicyclic amines) is 1. The van der Waals surface area contributed by atoms with E-state index in [4.69, 9.17) is 0 Å². The van der Waals surface area contributed by atoms with Gasteiger partial charge in [-0.3, -0.25) is 9.78 Å². The highest BCUT2D eigenvalue weighted by atomic mass is 16.2. The number of aromatic nitrogens is 2. The Labute approximate surface area is 167 Å². The fourth-order valence-corrected chi connectivity index (χ4v) is 4.38. The Balaban J connectivity index is 1.55. The minimum Gasteiger partial charge on any atom is -0.353 e. The number of aryl methyl sites for hydroxylation is 2. The number of rotatable bonds is 5. The highest BCUT2D eigenvalue weighted by molar-refractivity contribution is 5.90. The molecule has 28 heavy (non-hydrogen) atoms. The molecule has 1 aliphatic rings. The maximum atomic E-state index is 12.7.